The Morgan fingerprint density at radius 1 is 0.263 bits per heavy atom. The summed E-state index contributed by atoms with van der Waals surface area (Å²) in [6.45, 7) is 6.60. The first-order chi connectivity index (χ1) is 37.5. The summed E-state index contributed by atoms with van der Waals surface area (Å²) in [7, 11) is 0. The molecular formula is C70H124O6. The summed E-state index contributed by atoms with van der Waals surface area (Å²) in [5, 5.41) is 0. The molecule has 0 amide bonds. The van der Waals surface area contributed by atoms with Crippen LogP contribution >= 0.6 is 0 Å². The topological polar surface area (TPSA) is 78.9 Å². The molecule has 0 fully saturated rings. The number of hydrogen-bond acceptors (Lipinski definition) is 6. The van der Waals surface area contributed by atoms with Crippen LogP contribution in [0.15, 0.2) is 72.9 Å². The molecule has 0 aromatic rings. The highest BCUT2D eigenvalue weighted by molar-refractivity contribution is 5.71. The molecule has 0 saturated carbocycles. The van der Waals surface area contributed by atoms with Crippen molar-refractivity contribution >= 4 is 17.9 Å². The highest BCUT2D eigenvalue weighted by Crippen LogP contribution is 2.16. The van der Waals surface area contributed by atoms with Crippen molar-refractivity contribution in [2.45, 2.75) is 341 Å². The molecule has 0 rings (SSSR count). The average molecular weight is 1060 g/mol. The third kappa shape index (κ3) is 61.7. The molecule has 0 aromatic heterocycles. The number of carbonyl (C=O) groups is 3. The fourth-order valence-electron chi connectivity index (χ4n) is 9.40. The molecule has 6 nitrogen and oxygen atoms in total. The number of ether oxygens (including phenoxy) is 3. The normalized spacial score (nSPS) is 12.5. The quantitative estimate of drug-likeness (QED) is 0.0261. The van der Waals surface area contributed by atoms with Crippen LogP contribution in [0.25, 0.3) is 0 Å². The van der Waals surface area contributed by atoms with Gasteiger partial charge >= 0.3 is 17.9 Å². The second-order valence-electron chi connectivity index (χ2n) is 22.0. The molecule has 6 heteroatoms. The van der Waals surface area contributed by atoms with Gasteiger partial charge in [-0.2, -0.15) is 0 Å². The van der Waals surface area contributed by atoms with Crippen LogP contribution in [0, 0.1) is 0 Å². The smallest absolute Gasteiger partial charge is 0.306 e. The zero-order valence-corrected chi connectivity index (χ0v) is 50.5. The number of allylic oxidation sites excluding steroid dienone is 12. The maximum absolute atomic E-state index is 12.9. The van der Waals surface area contributed by atoms with Gasteiger partial charge in [-0.3, -0.25) is 14.4 Å². The Bertz CT molecular complexity index is 1400. The zero-order valence-electron chi connectivity index (χ0n) is 50.5. The summed E-state index contributed by atoms with van der Waals surface area (Å²) >= 11 is 0. The van der Waals surface area contributed by atoms with E-state index < -0.39 is 6.10 Å². The average Bonchev–Trinajstić information content (AvgIpc) is 3.42. The summed E-state index contributed by atoms with van der Waals surface area (Å²) in [5.74, 6) is -0.887. The third-order valence-electron chi connectivity index (χ3n) is 14.4. The Labute approximate surface area is 472 Å². The van der Waals surface area contributed by atoms with E-state index in [2.05, 4.69) is 93.7 Å². The first kappa shape index (κ1) is 72.8. The molecule has 1 atom stereocenters. The van der Waals surface area contributed by atoms with Crippen LogP contribution in [0.1, 0.15) is 335 Å². The van der Waals surface area contributed by atoms with Crippen molar-refractivity contribution in [1.82, 2.24) is 0 Å². The van der Waals surface area contributed by atoms with Gasteiger partial charge in [0.1, 0.15) is 13.2 Å². The van der Waals surface area contributed by atoms with E-state index in [0.717, 1.165) is 89.9 Å². The van der Waals surface area contributed by atoms with Gasteiger partial charge in [-0.1, -0.05) is 280 Å². The first-order valence-corrected chi connectivity index (χ1v) is 32.9. The Hall–Kier alpha value is -3.15. The molecule has 0 aliphatic rings. The highest BCUT2D eigenvalue weighted by atomic mass is 16.6. The molecule has 0 heterocycles. The number of rotatable bonds is 60. The Morgan fingerprint density at radius 2 is 0.487 bits per heavy atom. The van der Waals surface area contributed by atoms with E-state index in [1.165, 1.54) is 205 Å². The van der Waals surface area contributed by atoms with E-state index >= 15 is 0 Å². The molecule has 0 bridgehead atoms. The van der Waals surface area contributed by atoms with Crippen molar-refractivity contribution < 1.29 is 28.6 Å². The number of esters is 3. The summed E-state index contributed by atoms with van der Waals surface area (Å²) in [5.41, 5.74) is 0. The molecule has 0 aliphatic carbocycles. The molecule has 440 valence electrons. The lowest BCUT2D eigenvalue weighted by Crippen LogP contribution is -2.30. The third-order valence-corrected chi connectivity index (χ3v) is 14.4. The van der Waals surface area contributed by atoms with Gasteiger partial charge in [0.15, 0.2) is 6.10 Å². The minimum atomic E-state index is -0.785. The fourth-order valence-corrected chi connectivity index (χ4v) is 9.40. The van der Waals surface area contributed by atoms with Gasteiger partial charge in [-0.15, -0.1) is 0 Å². The Morgan fingerprint density at radius 3 is 0.789 bits per heavy atom. The molecule has 0 radical (unpaired) electrons. The second kappa shape index (κ2) is 64.4. The number of unbranched alkanes of at least 4 members (excludes halogenated alkanes) is 37. The first-order valence-electron chi connectivity index (χ1n) is 32.9. The number of hydrogen-bond donors (Lipinski definition) is 0. The fraction of sp³-hybridized carbons (Fsp3) is 0.786. The van der Waals surface area contributed by atoms with Crippen LogP contribution in [-0.2, 0) is 28.6 Å². The van der Waals surface area contributed by atoms with E-state index in [-0.39, 0.29) is 31.1 Å². The van der Waals surface area contributed by atoms with Crippen LogP contribution in [0.2, 0.25) is 0 Å². The van der Waals surface area contributed by atoms with Crippen LogP contribution in [0.4, 0.5) is 0 Å². The van der Waals surface area contributed by atoms with Crippen molar-refractivity contribution in [3.8, 4) is 0 Å². The predicted molar refractivity (Wildman–Crippen MR) is 330 cm³/mol. The summed E-state index contributed by atoms with van der Waals surface area (Å²) in [6.07, 6.45) is 83.4. The van der Waals surface area contributed by atoms with Crippen molar-refractivity contribution in [3.05, 3.63) is 72.9 Å². The van der Waals surface area contributed by atoms with E-state index in [4.69, 9.17) is 14.2 Å². The lowest BCUT2D eigenvalue weighted by Gasteiger charge is -2.18. The molecule has 1 unspecified atom stereocenters. The minimum Gasteiger partial charge on any atom is -0.462 e. The minimum absolute atomic E-state index is 0.0810. The van der Waals surface area contributed by atoms with Crippen LogP contribution in [-0.4, -0.2) is 37.2 Å². The van der Waals surface area contributed by atoms with Gasteiger partial charge in [-0.25, -0.2) is 0 Å². The van der Waals surface area contributed by atoms with Crippen molar-refractivity contribution in [3.63, 3.8) is 0 Å². The Balaban J connectivity index is 4.29. The molecular weight excluding hydrogens is 937 g/mol. The van der Waals surface area contributed by atoms with Gasteiger partial charge in [0.25, 0.3) is 0 Å². The zero-order chi connectivity index (χ0) is 55.0. The molecule has 0 spiro atoms. The van der Waals surface area contributed by atoms with Gasteiger partial charge in [0.05, 0.1) is 0 Å². The van der Waals surface area contributed by atoms with Crippen LogP contribution < -0.4 is 0 Å². The predicted octanol–water partition coefficient (Wildman–Crippen LogP) is 22.5. The standard InChI is InChI=1S/C70H124O6/c1-4-7-10-13-16-19-22-25-28-30-31-32-33-34-35-36-37-38-39-41-42-45-48-51-54-57-60-63-69(72)75-66-67(65-74-68(71)62-59-56-53-50-47-44-27-24-21-18-15-12-9-6-3)76-70(73)64-61-58-55-52-49-46-43-40-29-26-23-20-17-14-11-8-5-2/h15,18,22,24-27,29-31,33-34,67H,4-14,16-17,19-21,23,28,32,35-66H2,1-3H3/b18-15-,25-22-,27-24-,29-26-,31-30-,34-33-. The molecule has 0 saturated heterocycles. The molecule has 0 aromatic carbocycles. The van der Waals surface area contributed by atoms with E-state index in [0.29, 0.717) is 19.3 Å². The van der Waals surface area contributed by atoms with Crippen LogP contribution in [0.3, 0.4) is 0 Å². The van der Waals surface area contributed by atoms with Crippen molar-refractivity contribution in [2.24, 2.45) is 0 Å². The maximum atomic E-state index is 12.9. The van der Waals surface area contributed by atoms with E-state index in [1.807, 2.05) is 0 Å². The summed E-state index contributed by atoms with van der Waals surface area (Å²) in [4.78, 5) is 38.3. The Kier molecular flexibility index (Phi) is 61.7. The highest BCUT2D eigenvalue weighted by Gasteiger charge is 2.19. The lowest BCUT2D eigenvalue weighted by molar-refractivity contribution is -0.167. The maximum Gasteiger partial charge on any atom is 0.306 e. The molecule has 76 heavy (non-hydrogen) atoms. The largest absolute Gasteiger partial charge is 0.462 e. The SMILES string of the molecule is CCCC/C=C\C/C=C\CCCCCCCC(=O)OCC(COC(=O)CCCCCCCCCCCCCC/C=C\C/C=C\C/C=C\CCCCCCC)OC(=O)CCCCCCCCC/C=C\CCCCCCCC. The molecule has 0 aliphatic heterocycles. The summed E-state index contributed by atoms with van der Waals surface area (Å²) < 4.78 is 16.9. The van der Waals surface area contributed by atoms with Crippen molar-refractivity contribution in [2.75, 3.05) is 13.2 Å². The molecule has 0 N–H and O–H groups in total. The van der Waals surface area contributed by atoms with Gasteiger partial charge in [0.2, 0.25) is 0 Å². The van der Waals surface area contributed by atoms with E-state index in [9.17, 15) is 14.4 Å². The van der Waals surface area contributed by atoms with Crippen LogP contribution in [0.5, 0.6) is 0 Å². The monoisotopic (exact) mass is 1060 g/mol. The van der Waals surface area contributed by atoms with Crippen molar-refractivity contribution in [1.29, 1.82) is 0 Å². The second-order valence-corrected chi connectivity index (χ2v) is 22.0. The van der Waals surface area contributed by atoms with Gasteiger partial charge in [-0.05, 0) is 109 Å². The van der Waals surface area contributed by atoms with Gasteiger partial charge < -0.3 is 14.2 Å². The summed E-state index contributed by atoms with van der Waals surface area (Å²) in [6, 6.07) is 0. The lowest BCUT2D eigenvalue weighted by atomic mass is 10.0. The van der Waals surface area contributed by atoms with E-state index in [1.54, 1.807) is 0 Å². The number of carbonyl (C=O) groups excluding carboxylic acids is 3. The van der Waals surface area contributed by atoms with Gasteiger partial charge in [0, 0.05) is 19.3 Å².